The van der Waals surface area contributed by atoms with E-state index >= 15 is 0 Å². The summed E-state index contributed by atoms with van der Waals surface area (Å²) in [7, 11) is 0. The quantitative estimate of drug-likeness (QED) is 0.689. The Morgan fingerprint density at radius 1 is 1.50 bits per heavy atom. The van der Waals surface area contributed by atoms with Crippen molar-refractivity contribution in [2.75, 3.05) is 0 Å². The number of halogens is 1. The molecule has 0 aromatic carbocycles. The van der Waals surface area contributed by atoms with E-state index in [1.165, 1.54) is 6.08 Å². The van der Waals surface area contributed by atoms with Gasteiger partial charge < -0.3 is 9.73 Å². The second-order valence-corrected chi connectivity index (χ2v) is 5.05. The number of hydrogen-bond acceptors (Lipinski definition) is 3. The van der Waals surface area contributed by atoms with E-state index in [9.17, 15) is 4.79 Å². The molecule has 0 bridgehead atoms. The number of carbonyl (C=O) groups excluding carboxylic acids is 1. The summed E-state index contributed by atoms with van der Waals surface area (Å²) in [5.74, 6) is 0.164. The molecular weight excluding hydrogens is 296 g/mol. The van der Waals surface area contributed by atoms with Crippen LogP contribution in [0, 0.1) is 11.3 Å². The molecule has 1 aromatic heterocycles. The summed E-state index contributed by atoms with van der Waals surface area (Å²) < 4.78 is 5.82. The van der Waals surface area contributed by atoms with E-state index in [2.05, 4.69) is 21.2 Å². The highest BCUT2D eigenvalue weighted by Gasteiger charge is 2.19. The Kier molecular flexibility index (Phi) is 4.21. The fraction of sp³-hybridized carbons (Fsp3) is 0.385. The highest BCUT2D eigenvalue weighted by atomic mass is 79.9. The Bertz CT molecular complexity index is 507. The van der Waals surface area contributed by atoms with Crippen molar-refractivity contribution in [1.82, 2.24) is 5.32 Å². The van der Waals surface area contributed by atoms with Crippen LogP contribution in [0.4, 0.5) is 0 Å². The predicted molar refractivity (Wildman–Crippen MR) is 70.4 cm³/mol. The van der Waals surface area contributed by atoms with Crippen molar-refractivity contribution < 1.29 is 9.21 Å². The Labute approximate surface area is 114 Å². The maximum Gasteiger partial charge on any atom is 0.262 e. The summed E-state index contributed by atoms with van der Waals surface area (Å²) in [5.41, 5.74) is 0.0729. The molecule has 0 spiro atoms. The minimum atomic E-state index is -0.322. The van der Waals surface area contributed by atoms with E-state index in [4.69, 9.17) is 9.68 Å². The molecule has 1 saturated carbocycles. The van der Waals surface area contributed by atoms with Crippen LogP contribution in [0.15, 0.2) is 26.8 Å². The number of nitriles is 1. The summed E-state index contributed by atoms with van der Waals surface area (Å²) in [6.07, 6.45) is 5.73. The maximum absolute atomic E-state index is 11.9. The molecule has 1 aliphatic rings. The molecule has 0 radical (unpaired) electrons. The highest BCUT2D eigenvalue weighted by Crippen LogP contribution is 2.19. The van der Waals surface area contributed by atoms with Crippen LogP contribution < -0.4 is 5.32 Å². The molecule has 1 amide bonds. The van der Waals surface area contributed by atoms with Crippen LogP contribution in [-0.2, 0) is 4.79 Å². The monoisotopic (exact) mass is 308 g/mol. The van der Waals surface area contributed by atoms with Gasteiger partial charge in [-0.1, -0.05) is 12.8 Å². The van der Waals surface area contributed by atoms with E-state index in [0.29, 0.717) is 10.4 Å². The number of hydrogen-bond donors (Lipinski definition) is 1. The van der Waals surface area contributed by atoms with Crippen molar-refractivity contribution >= 4 is 27.9 Å². The topological polar surface area (TPSA) is 66.0 Å². The van der Waals surface area contributed by atoms with E-state index in [1.807, 2.05) is 6.07 Å². The molecule has 0 unspecified atom stereocenters. The van der Waals surface area contributed by atoms with Crippen LogP contribution in [0.2, 0.25) is 0 Å². The fourth-order valence-corrected chi connectivity index (χ4v) is 2.35. The van der Waals surface area contributed by atoms with Crippen LogP contribution in [0.3, 0.4) is 0 Å². The average molecular weight is 309 g/mol. The van der Waals surface area contributed by atoms with Crippen molar-refractivity contribution in [2.24, 2.45) is 0 Å². The minimum absolute atomic E-state index is 0.0729. The molecule has 1 heterocycles. The molecule has 5 heteroatoms. The van der Waals surface area contributed by atoms with E-state index in [1.54, 1.807) is 12.1 Å². The Morgan fingerprint density at radius 2 is 2.22 bits per heavy atom. The van der Waals surface area contributed by atoms with Crippen LogP contribution in [0.25, 0.3) is 6.08 Å². The Balaban J connectivity index is 2.06. The third kappa shape index (κ3) is 3.23. The van der Waals surface area contributed by atoms with Gasteiger partial charge in [0.25, 0.3) is 5.91 Å². The summed E-state index contributed by atoms with van der Waals surface area (Å²) >= 11 is 3.17. The van der Waals surface area contributed by atoms with E-state index in [0.717, 1.165) is 25.7 Å². The summed E-state index contributed by atoms with van der Waals surface area (Å²) in [4.78, 5) is 11.9. The van der Waals surface area contributed by atoms with Crippen LogP contribution in [0.5, 0.6) is 0 Å². The number of carbonyl (C=O) groups is 1. The molecule has 4 nitrogen and oxygen atoms in total. The third-order valence-corrected chi connectivity index (χ3v) is 3.36. The molecule has 2 rings (SSSR count). The summed E-state index contributed by atoms with van der Waals surface area (Å²) in [6.45, 7) is 0. The highest BCUT2D eigenvalue weighted by molar-refractivity contribution is 9.10. The zero-order chi connectivity index (χ0) is 13.0. The summed E-state index contributed by atoms with van der Waals surface area (Å²) in [6, 6.07) is 5.53. The lowest BCUT2D eigenvalue weighted by Gasteiger charge is -2.10. The summed E-state index contributed by atoms with van der Waals surface area (Å²) in [5, 5.41) is 11.9. The number of amides is 1. The van der Waals surface area contributed by atoms with Crippen LogP contribution in [0.1, 0.15) is 31.4 Å². The van der Waals surface area contributed by atoms with Gasteiger partial charge in [0.05, 0.1) is 0 Å². The third-order valence-electron chi connectivity index (χ3n) is 2.94. The predicted octanol–water partition coefficient (Wildman–Crippen LogP) is 3.01. The van der Waals surface area contributed by atoms with E-state index < -0.39 is 0 Å². The smallest absolute Gasteiger partial charge is 0.262 e. The lowest BCUT2D eigenvalue weighted by molar-refractivity contribution is -0.117. The molecule has 1 aliphatic carbocycles. The molecule has 0 saturated heterocycles. The standard InChI is InChI=1S/C13H13BrN2O2/c14-12-6-5-11(18-12)7-9(8-15)13(17)16-10-3-1-2-4-10/h5-7,10H,1-4H2,(H,16,17)/b9-7-. The van der Waals surface area contributed by atoms with Gasteiger partial charge in [0.15, 0.2) is 4.67 Å². The van der Waals surface area contributed by atoms with Crippen molar-refractivity contribution in [3.63, 3.8) is 0 Å². The normalized spacial score (nSPS) is 16.6. The molecule has 1 aromatic rings. The first-order valence-corrected chi connectivity index (χ1v) is 6.66. The average Bonchev–Trinajstić information content (AvgIpc) is 2.97. The SMILES string of the molecule is N#C/C(=C/c1ccc(Br)o1)C(=O)NC1CCCC1. The molecular formula is C13H13BrN2O2. The maximum atomic E-state index is 11.9. The zero-order valence-electron chi connectivity index (χ0n) is 9.78. The zero-order valence-corrected chi connectivity index (χ0v) is 11.4. The number of nitrogens with one attached hydrogen (secondary N) is 1. The van der Waals surface area contributed by atoms with Crippen LogP contribution in [-0.4, -0.2) is 11.9 Å². The number of furan rings is 1. The molecule has 0 aliphatic heterocycles. The van der Waals surface area contributed by atoms with E-state index in [-0.39, 0.29) is 17.5 Å². The molecule has 94 valence electrons. The second-order valence-electron chi connectivity index (χ2n) is 4.27. The van der Waals surface area contributed by atoms with Crippen molar-refractivity contribution in [1.29, 1.82) is 5.26 Å². The van der Waals surface area contributed by atoms with Gasteiger partial charge >= 0.3 is 0 Å². The largest absolute Gasteiger partial charge is 0.450 e. The van der Waals surface area contributed by atoms with Crippen molar-refractivity contribution in [2.45, 2.75) is 31.7 Å². The number of rotatable bonds is 3. The van der Waals surface area contributed by atoms with Gasteiger partial charge in [-0.25, -0.2) is 0 Å². The second kappa shape index (κ2) is 5.87. The lowest BCUT2D eigenvalue weighted by Crippen LogP contribution is -2.33. The Morgan fingerprint density at radius 3 is 2.78 bits per heavy atom. The lowest BCUT2D eigenvalue weighted by atomic mass is 10.2. The van der Waals surface area contributed by atoms with Gasteiger partial charge in [-0.15, -0.1) is 0 Å². The Hall–Kier alpha value is -1.54. The molecule has 1 N–H and O–H groups in total. The minimum Gasteiger partial charge on any atom is -0.450 e. The molecule has 1 fully saturated rings. The van der Waals surface area contributed by atoms with Gasteiger partial charge in [-0.2, -0.15) is 5.26 Å². The fourth-order valence-electron chi connectivity index (χ4n) is 2.03. The first-order chi connectivity index (χ1) is 8.69. The van der Waals surface area contributed by atoms with Crippen molar-refractivity contribution in [3.8, 4) is 6.07 Å². The van der Waals surface area contributed by atoms with Gasteiger partial charge in [0, 0.05) is 12.1 Å². The molecule has 18 heavy (non-hydrogen) atoms. The van der Waals surface area contributed by atoms with Crippen LogP contribution >= 0.6 is 15.9 Å². The van der Waals surface area contributed by atoms with Gasteiger partial charge in [0.2, 0.25) is 0 Å². The van der Waals surface area contributed by atoms with Gasteiger partial charge in [-0.3, -0.25) is 4.79 Å². The molecule has 0 atom stereocenters. The van der Waals surface area contributed by atoms with Gasteiger partial charge in [0.1, 0.15) is 17.4 Å². The number of nitrogens with zero attached hydrogens (tertiary/aromatic N) is 1. The first kappa shape index (κ1) is 12.9. The van der Waals surface area contributed by atoms with Gasteiger partial charge in [-0.05, 0) is 40.9 Å². The van der Waals surface area contributed by atoms with Crippen molar-refractivity contribution in [3.05, 3.63) is 28.1 Å². The first-order valence-electron chi connectivity index (χ1n) is 5.87.